The first-order valence-corrected chi connectivity index (χ1v) is 26.4. The van der Waals surface area contributed by atoms with Crippen LogP contribution in [-0.4, -0.2) is 131 Å². The average molecular weight is 1060 g/mol. The lowest BCUT2D eigenvalue weighted by molar-refractivity contribution is -0.135. The summed E-state index contributed by atoms with van der Waals surface area (Å²) in [6.45, 7) is 6.14. The molecule has 0 aliphatic carbocycles. The van der Waals surface area contributed by atoms with Crippen molar-refractivity contribution in [2.45, 2.75) is 108 Å². The second-order valence-corrected chi connectivity index (χ2v) is 19.8. The topological polar surface area (TPSA) is 260 Å². The van der Waals surface area contributed by atoms with Crippen LogP contribution in [0.15, 0.2) is 116 Å². The smallest absolute Gasteiger partial charge is 0.252 e. The molecule has 2 heterocycles. The van der Waals surface area contributed by atoms with Crippen LogP contribution >= 0.6 is 0 Å². The summed E-state index contributed by atoms with van der Waals surface area (Å²) in [5, 5.41) is 41.9. The minimum absolute atomic E-state index is 0.000254. The van der Waals surface area contributed by atoms with E-state index in [2.05, 4.69) is 47.1 Å². The first kappa shape index (κ1) is 58.5. The Morgan fingerprint density at radius 2 is 1.27 bits per heavy atom. The highest BCUT2D eigenvalue weighted by Crippen LogP contribution is 2.21. The molecule has 1 fully saturated rings. The summed E-state index contributed by atoms with van der Waals surface area (Å²) in [7, 11) is 0. The first-order valence-electron chi connectivity index (χ1n) is 26.4. The van der Waals surface area contributed by atoms with Gasteiger partial charge in [-0.3, -0.25) is 38.5 Å². The number of pyridine rings is 1. The van der Waals surface area contributed by atoms with Crippen LogP contribution in [0, 0.1) is 11.7 Å². The van der Waals surface area contributed by atoms with E-state index < -0.39 is 72.2 Å². The number of hydrogen-bond donors (Lipinski definition) is 9. The summed E-state index contributed by atoms with van der Waals surface area (Å²) in [5.74, 6) is -4.87. The van der Waals surface area contributed by atoms with E-state index in [9.17, 15) is 48.2 Å². The van der Waals surface area contributed by atoms with Gasteiger partial charge in [-0.25, -0.2) is 4.39 Å². The van der Waals surface area contributed by atoms with Gasteiger partial charge in [0.05, 0.1) is 12.2 Å². The third-order valence-electron chi connectivity index (χ3n) is 13.4. The van der Waals surface area contributed by atoms with E-state index in [0.29, 0.717) is 49.0 Å². The van der Waals surface area contributed by atoms with Gasteiger partial charge in [-0.15, -0.1) is 0 Å². The van der Waals surface area contributed by atoms with E-state index in [1.54, 1.807) is 42.6 Å². The summed E-state index contributed by atoms with van der Waals surface area (Å²) >= 11 is 0. The van der Waals surface area contributed by atoms with Crippen molar-refractivity contribution in [2.75, 3.05) is 39.3 Å². The lowest BCUT2D eigenvalue weighted by atomic mass is 9.98. The minimum atomic E-state index is -1.63. The van der Waals surface area contributed by atoms with E-state index in [0.717, 1.165) is 42.3 Å². The molecule has 77 heavy (non-hydrogen) atoms. The lowest BCUT2D eigenvalue weighted by Gasteiger charge is -2.27. The SMILES string of the molecule is CC(C)CC(NC(=O)C(CCCCNC(=O)c1cccnc1)NC(=O)C(Cc1ccc(O)cc1)NC(=O)C(CO)NC(=O)C(Cc1cccc2ccccc12)NC(=O)CCc1ccc(F)cc1)C(=O)NCCN1CCCC1. The van der Waals surface area contributed by atoms with Crippen LogP contribution in [0.25, 0.3) is 10.8 Å². The van der Waals surface area contributed by atoms with Gasteiger partial charge >= 0.3 is 0 Å². The standard InChI is InChI=1S/C58H72FN9O9/c1-38(2)33-48(54(73)62-29-32-68-30-7-8-31-68)65-55(74)47(16-5-6-28-61-53(72)43-14-10-27-60-36-43)64-56(75)49(34-40-19-24-45(70)25-20-40)66-58(77)51(37-69)67-57(76)50(35-42-13-9-12-41-11-3-4-15-46(41)42)63-52(71)26-21-39-17-22-44(59)23-18-39/h3-4,9-15,17-20,22-25,27,36,38,47-51,69-70H,5-8,16,21,26,28-35,37H2,1-2H3,(H,61,72)(H,62,73)(H,63,71)(H,64,75)(H,65,74)(H,66,77)(H,67,76). The Morgan fingerprint density at radius 3 is 1.97 bits per heavy atom. The number of phenolic OH excluding ortho intramolecular Hbond substituents is 1. The number of halogens is 1. The summed E-state index contributed by atoms with van der Waals surface area (Å²) in [4.78, 5) is 104. The molecule has 1 aliphatic heterocycles. The summed E-state index contributed by atoms with van der Waals surface area (Å²) < 4.78 is 13.6. The van der Waals surface area contributed by atoms with Crippen LogP contribution < -0.4 is 37.2 Å². The molecule has 0 radical (unpaired) electrons. The van der Waals surface area contributed by atoms with Crippen LogP contribution in [0.1, 0.15) is 85.8 Å². The Morgan fingerprint density at radius 1 is 0.636 bits per heavy atom. The van der Waals surface area contributed by atoms with Crippen LogP contribution in [0.5, 0.6) is 5.75 Å². The number of benzene rings is 4. The molecule has 5 atom stereocenters. The van der Waals surface area contributed by atoms with Gasteiger partial charge in [0.25, 0.3) is 5.91 Å². The molecular weight excluding hydrogens is 986 g/mol. The van der Waals surface area contributed by atoms with E-state index >= 15 is 0 Å². The number of amides is 7. The fourth-order valence-electron chi connectivity index (χ4n) is 9.15. The van der Waals surface area contributed by atoms with Crippen molar-refractivity contribution in [3.8, 4) is 5.75 Å². The zero-order chi connectivity index (χ0) is 55.1. The number of carbonyl (C=O) groups is 7. The maximum atomic E-state index is 14.6. The molecule has 7 amide bonds. The van der Waals surface area contributed by atoms with E-state index in [4.69, 9.17) is 0 Å². The van der Waals surface area contributed by atoms with Gasteiger partial charge in [-0.05, 0) is 128 Å². The number of nitrogens with zero attached hydrogens (tertiary/aromatic N) is 2. The fourth-order valence-corrected chi connectivity index (χ4v) is 9.15. The highest BCUT2D eigenvalue weighted by atomic mass is 19.1. The maximum absolute atomic E-state index is 14.6. The maximum Gasteiger partial charge on any atom is 0.252 e. The van der Waals surface area contributed by atoms with E-state index in [1.165, 1.54) is 30.5 Å². The molecule has 18 nitrogen and oxygen atoms in total. The second kappa shape index (κ2) is 30.1. The van der Waals surface area contributed by atoms with Crippen molar-refractivity contribution >= 4 is 52.1 Å². The molecule has 0 bridgehead atoms. The highest BCUT2D eigenvalue weighted by Gasteiger charge is 2.33. The molecule has 410 valence electrons. The Balaban J connectivity index is 1.19. The molecular formula is C58H72FN9O9. The van der Waals surface area contributed by atoms with E-state index in [-0.39, 0.29) is 62.1 Å². The molecule has 1 aromatic heterocycles. The van der Waals surface area contributed by atoms with Crippen LogP contribution in [0.4, 0.5) is 4.39 Å². The zero-order valence-corrected chi connectivity index (χ0v) is 43.8. The number of aromatic nitrogens is 1. The van der Waals surface area contributed by atoms with Crippen molar-refractivity contribution in [3.05, 3.63) is 144 Å². The highest BCUT2D eigenvalue weighted by molar-refractivity contribution is 5.97. The molecule has 0 spiro atoms. The van der Waals surface area contributed by atoms with Crippen LogP contribution in [-0.2, 0) is 48.0 Å². The third-order valence-corrected chi connectivity index (χ3v) is 13.4. The number of aliphatic hydroxyl groups is 1. The average Bonchev–Trinajstić information content (AvgIpc) is 3.95. The van der Waals surface area contributed by atoms with Crippen molar-refractivity contribution in [3.63, 3.8) is 0 Å². The van der Waals surface area contributed by atoms with Crippen molar-refractivity contribution in [1.82, 2.24) is 47.1 Å². The van der Waals surface area contributed by atoms with Gasteiger partial charge in [-0.2, -0.15) is 0 Å². The number of aryl methyl sites for hydroxylation is 1. The number of unbranched alkanes of at least 4 members (excludes halogenated alkanes) is 1. The summed E-state index contributed by atoms with van der Waals surface area (Å²) in [6.07, 6.45) is 6.33. The third kappa shape index (κ3) is 19.1. The second-order valence-electron chi connectivity index (χ2n) is 19.8. The van der Waals surface area contributed by atoms with Gasteiger partial charge in [0, 0.05) is 51.3 Å². The van der Waals surface area contributed by atoms with Gasteiger partial charge in [0.1, 0.15) is 41.8 Å². The van der Waals surface area contributed by atoms with Gasteiger partial charge < -0.3 is 52.3 Å². The minimum Gasteiger partial charge on any atom is -0.508 e. The number of phenols is 1. The number of hydrogen-bond acceptors (Lipinski definition) is 11. The molecule has 9 N–H and O–H groups in total. The summed E-state index contributed by atoms with van der Waals surface area (Å²) in [6, 6.07) is 21.5. The molecule has 6 rings (SSSR count). The van der Waals surface area contributed by atoms with Gasteiger partial charge in [-0.1, -0.05) is 80.6 Å². The van der Waals surface area contributed by atoms with Crippen molar-refractivity contribution in [1.29, 1.82) is 0 Å². The summed E-state index contributed by atoms with van der Waals surface area (Å²) in [5.41, 5.74) is 2.30. The van der Waals surface area contributed by atoms with E-state index in [1.807, 2.05) is 56.3 Å². The Kier molecular flexibility index (Phi) is 22.9. The fraction of sp³-hybridized carbons (Fsp3) is 0.414. The molecule has 5 unspecified atom stereocenters. The zero-order valence-electron chi connectivity index (χ0n) is 43.8. The molecule has 0 saturated carbocycles. The Labute approximate surface area is 448 Å². The van der Waals surface area contributed by atoms with Gasteiger partial charge in [0.2, 0.25) is 35.4 Å². The molecule has 4 aromatic carbocycles. The molecule has 1 aliphatic rings. The number of likely N-dealkylation sites (tertiary alicyclic amines) is 1. The predicted molar refractivity (Wildman–Crippen MR) is 289 cm³/mol. The van der Waals surface area contributed by atoms with Crippen molar-refractivity contribution in [2.24, 2.45) is 5.92 Å². The molecule has 19 heteroatoms. The first-order chi connectivity index (χ1) is 37.1. The number of rotatable bonds is 29. The number of nitrogens with one attached hydrogen (secondary N) is 7. The quantitative estimate of drug-likeness (QED) is 0.0312. The Hall–Kier alpha value is -7.77. The normalized spacial score (nSPS) is 14.4. The largest absolute Gasteiger partial charge is 0.508 e. The van der Waals surface area contributed by atoms with Crippen LogP contribution in [0.3, 0.4) is 0 Å². The monoisotopic (exact) mass is 1060 g/mol. The number of aliphatic hydroxyl groups excluding tert-OH is 1. The van der Waals surface area contributed by atoms with Crippen molar-refractivity contribution < 1.29 is 48.2 Å². The number of carbonyl (C=O) groups excluding carboxylic acids is 7. The lowest BCUT2D eigenvalue weighted by Crippen LogP contribution is -2.60. The predicted octanol–water partition coefficient (Wildman–Crippen LogP) is 3.77. The number of aromatic hydroxyl groups is 1. The van der Waals surface area contributed by atoms with Gasteiger partial charge in [0.15, 0.2) is 0 Å². The molecule has 1 saturated heterocycles. The number of fused-ring (bicyclic) bond motifs is 1. The molecule has 5 aromatic rings. The Bertz CT molecular complexity index is 2740. The van der Waals surface area contributed by atoms with Crippen LogP contribution in [0.2, 0.25) is 0 Å².